The summed E-state index contributed by atoms with van der Waals surface area (Å²) in [5, 5.41) is 0. The van der Waals surface area contributed by atoms with Gasteiger partial charge in [-0.2, -0.15) is 0 Å². The summed E-state index contributed by atoms with van der Waals surface area (Å²) in [5.74, 6) is 0.430. The van der Waals surface area contributed by atoms with Crippen LogP contribution in [-0.4, -0.2) is 23.4 Å². The van der Waals surface area contributed by atoms with Crippen molar-refractivity contribution in [1.29, 1.82) is 0 Å². The highest BCUT2D eigenvalue weighted by atomic mass is 16.6. The molecule has 1 aliphatic carbocycles. The molecule has 1 aromatic carbocycles. The lowest BCUT2D eigenvalue weighted by molar-refractivity contribution is -0.128. The standard InChI is InChI=1S/C13H13NO3/c15-12-11-6-10(11)7-14(12)13(16)17-8-9-4-2-1-3-5-9/h1-5,10-11H,6-8H2. The van der Waals surface area contributed by atoms with Crippen LogP contribution in [0.5, 0.6) is 0 Å². The van der Waals surface area contributed by atoms with Gasteiger partial charge in [-0.05, 0) is 17.9 Å². The number of carbonyl (C=O) groups excluding carboxylic acids is 2. The van der Waals surface area contributed by atoms with Crippen molar-refractivity contribution in [3.05, 3.63) is 35.9 Å². The molecule has 2 amide bonds. The predicted molar refractivity (Wildman–Crippen MR) is 59.9 cm³/mol. The molecule has 2 fully saturated rings. The Labute approximate surface area is 99.2 Å². The number of benzene rings is 1. The molecule has 2 aliphatic rings. The molecule has 0 N–H and O–H groups in total. The quantitative estimate of drug-likeness (QED) is 0.779. The molecule has 0 bridgehead atoms. The van der Waals surface area contributed by atoms with E-state index in [1.54, 1.807) is 0 Å². The van der Waals surface area contributed by atoms with Crippen molar-refractivity contribution < 1.29 is 14.3 Å². The van der Waals surface area contributed by atoms with Crippen LogP contribution in [0.4, 0.5) is 4.79 Å². The van der Waals surface area contributed by atoms with Crippen molar-refractivity contribution in [3.63, 3.8) is 0 Å². The lowest BCUT2D eigenvalue weighted by Gasteiger charge is -2.15. The lowest BCUT2D eigenvalue weighted by atomic mass is 10.2. The summed E-state index contributed by atoms with van der Waals surface area (Å²) in [5.41, 5.74) is 0.928. The number of likely N-dealkylation sites (tertiary alicyclic amines) is 1. The number of rotatable bonds is 2. The second-order valence-electron chi connectivity index (χ2n) is 4.59. The SMILES string of the molecule is O=C(OCc1ccccc1)N1CC2CC2C1=O. The van der Waals surface area contributed by atoms with Gasteiger partial charge in [0.2, 0.25) is 5.91 Å². The van der Waals surface area contributed by atoms with E-state index in [9.17, 15) is 9.59 Å². The maximum Gasteiger partial charge on any atom is 0.416 e. The number of fused-ring (bicyclic) bond motifs is 1. The van der Waals surface area contributed by atoms with E-state index in [4.69, 9.17) is 4.74 Å². The number of piperidine rings is 1. The van der Waals surface area contributed by atoms with E-state index in [1.165, 1.54) is 4.90 Å². The molecule has 17 heavy (non-hydrogen) atoms. The van der Waals surface area contributed by atoms with E-state index < -0.39 is 6.09 Å². The molecule has 1 aromatic rings. The van der Waals surface area contributed by atoms with Gasteiger partial charge < -0.3 is 4.74 Å². The van der Waals surface area contributed by atoms with E-state index in [2.05, 4.69) is 0 Å². The maximum atomic E-state index is 11.7. The average molecular weight is 231 g/mol. The first-order chi connectivity index (χ1) is 8.25. The van der Waals surface area contributed by atoms with Crippen LogP contribution in [0.25, 0.3) is 0 Å². The molecule has 0 spiro atoms. The Balaban J connectivity index is 1.56. The summed E-state index contributed by atoms with van der Waals surface area (Å²) >= 11 is 0. The zero-order valence-electron chi connectivity index (χ0n) is 9.33. The van der Waals surface area contributed by atoms with E-state index >= 15 is 0 Å². The third kappa shape index (κ3) is 1.90. The van der Waals surface area contributed by atoms with Crippen LogP contribution in [-0.2, 0) is 16.1 Å². The molecule has 2 atom stereocenters. The topological polar surface area (TPSA) is 46.6 Å². The molecule has 4 nitrogen and oxygen atoms in total. The van der Waals surface area contributed by atoms with Gasteiger partial charge in [0.15, 0.2) is 0 Å². The zero-order chi connectivity index (χ0) is 11.8. The third-order valence-corrected chi connectivity index (χ3v) is 3.35. The van der Waals surface area contributed by atoms with Crippen molar-refractivity contribution in [2.45, 2.75) is 13.0 Å². The Bertz CT molecular complexity index is 457. The van der Waals surface area contributed by atoms with Gasteiger partial charge in [0.25, 0.3) is 0 Å². The third-order valence-electron chi connectivity index (χ3n) is 3.35. The van der Waals surface area contributed by atoms with E-state index in [1.807, 2.05) is 30.3 Å². The highest BCUT2D eigenvalue weighted by molar-refractivity contribution is 5.97. The Morgan fingerprint density at radius 1 is 1.35 bits per heavy atom. The van der Waals surface area contributed by atoms with Gasteiger partial charge in [-0.1, -0.05) is 30.3 Å². The number of imide groups is 1. The average Bonchev–Trinajstić information content (AvgIpc) is 3.06. The van der Waals surface area contributed by atoms with Crippen molar-refractivity contribution >= 4 is 12.0 Å². The summed E-state index contributed by atoms with van der Waals surface area (Å²) in [6.45, 7) is 0.760. The van der Waals surface area contributed by atoms with E-state index in [0.717, 1.165) is 12.0 Å². The minimum Gasteiger partial charge on any atom is -0.444 e. The maximum absolute atomic E-state index is 11.7. The molecule has 1 saturated heterocycles. The fourth-order valence-electron chi connectivity index (χ4n) is 2.24. The Morgan fingerprint density at radius 2 is 2.12 bits per heavy atom. The van der Waals surface area contributed by atoms with Crippen molar-refractivity contribution in [1.82, 2.24) is 4.90 Å². The molecule has 1 aliphatic heterocycles. The summed E-state index contributed by atoms with van der Waals surface area (Å²) in [6.07, 6.45) is 0.437. The van der Waals surface area contributed by atoms with E-state index in [0.29, 0.717) is 12.5 Å². The van der Waals surface area contributed by atoms with Crippen LogP contribution >= 0.6 is 0 Å². The van der Waals surface area contributed by atoms with Crippen LogP contribution < -0.4 is 0 Å². The summed E-state index contributed by atoms with van der Waals surface area (Å²) in [6, 6.07) is 9.45. The molecule has 88 valence electrons. The van der Waals surface area contributed by atoms with Crippen molar-refractivity contribution in [2.75, 3.05) is 6.54 Å². The summed E-state index contributed by atoms with van der Waals surface area (Å²) in [4.78, 5) is 24.5. The Hall–Kier alpha value is -1.84. The largest absolute Gasteiger partial charge is 0.444 e. The van der Waals surface area contributed by atoms with Gasteiger partial charge in [-0.25, -0.2) is 9.69 Å². The monoisotopic (exact) mass is 231 g/mol. The first kappa shape index (κ1) is 10.3. The Kier molecular flexibility index (Phi) is 2.35. The first-order valence-corrected chi connectivity index (χ1v) is 5.78. The molecule has 2 unspecified atom stereocenters. The number of hydrogen-bond donors (Lipinski definition) is 0. The van der Waals surface area contributed by atoms with Crippen LogP contribution in [0.15, 0.2) is 30.3 Å². The van der Waals surface area contributed by atoms with Crippen molar-refractivity contribution in [3.8, 4) is 0 Å². The van der Waals surface area contributed by atoms with Crippen LogP contribution in [0, 0.1) is 11.8 Å². The fraction of sp³-hybridized carbons (Fsp3) is 0.385. The van der Waals surface area contributed by atoms with Crippen molar-refractivity contribution in [2.24, 2.45) is 11.8 Å². The van der Waals surface area contributed by atoms with Gasteiger partial charge in [-0.15, -0.1) is 0 Å². The Morgan fingerprint density at radius 3 is 2.76 bits per heavy atom. The molecule has 4 heteroatoms. The second-order valence-corrected chi connectivity index (χ2v) is 4.59. The smallest absolute Gasteiger partial charge is 0.416 e. The van der Waals surface area contributed by atoms with Gasteiger partial charge in [0.05, 0.1) is 0 Å². The number of hydrogen-bond acceptors (Lipinski definition) is 3. The van der Waals surface area contributed by atoms with Gasteiger partial charge in [0.1, 0.15) is 6.61 Å². The minimum absolute atomic E-state index is 0.0620. The second kappa shape index (κ2) is 3.87. The van der Waals surface area contributed by atoms with Crippen LogP contribution in [0.2, 0.25) is 0 Å². The summed E-state index contributed by atoms with van der Waals surface area (Å²) in [7, 11) is 0. The van der Waals surface area contributed by atoms with Crippen LogP contribution in [0.1, 0.15) is 12.0 Å². The predicted octanol–water partition coefficient (Wildman–Crippen LogP) is 1.80. The number of carbonyl (C=O) groups is 2. The number of ether oxygens (including phenoxy) is 1. The molecular weight excluding hydrogens is 218 g/mol. The number of nitrogens with zero attached hydrogens (tertiary/aromatic N) is 1. The van der Waals surface area contributed by atoms with Gasteiger partial charge >= 0.3 is 6.09 Å². The van der Waals surface area contributed by atoms with Gasteiger partial charge in [-0.3, -0.25) is 4.79 Å². The highest BCUT2D eigenvalue weighted by Gasteiger charge is 2.54. The van der Waals surface area contributed by atoms with E-state index in [-0.39, 0.29) is 18.4 Å². The molecule has 1 saturated carbocycles. The molecule has 1 heterocycles. The number of amides is 2. The van der Waals surface area contributed by atoms with Crippen LogP contribution in [0.3, 0.4) is 0 Å². The zero-order valence-corrected chi connectivity index (χ0v) is 9.33. The summed E-state index contributed by atoms with van der Waals surface area (Å²) < 4.78 is 5.12. The fourth-order valence-corrected chi connectivity index (χ4v) is 2.24. The minimum atomic E-state index is -0.508. The molecule has 0 aromatic heterocycles. The molecule has 3 rings (SSSR count). The van der Waals surface area contributed by atoms with Gasteiger partial charge in [0, 0.05) is 12.5 Å². The molecule has 0 radical (unpaired) electrons. The lowest BCUT2D eigenvalue weighted by Crippen LogP contribution is -2.35. The highest BCUT2D eigenvalue weighted by Crippen LogP contribution is 2.46. The molecular formula is C13H13NO3. The first-order valence-electron chi connectivity index (χ1n) is 5.78. The normalized spacial score (nSPS) is 25.6.